The van der Waals surface area contributed by atoms with Crippen LogP contribution < -0.4 is 0 Å². The molecule has 0 bridgehead atoms. The minimum atomic E-state index is -1.03. The van der Waals surface area contributed by atoms with E-state index in [4.69, 9.17) is 11.6 Å². The molecule has 8 heteroatoms. The molecule has 0 saturated carbocycles. The SMILES string of the molecule is CCCCCCc1cc(F)c(-c2cc(F)c(-c3cnc(-c4ccc(Cl)c(F)c4)nc3)c(F)c2)c(F)c1. The van der Waals surface area contributed by atoms with E-state index < -0.39 is 40.2 Å². The van der Waals surface area contributed by atoms with Crippen LogP contribution in [0.1, 0.15) is 38.2 Å². The molecule has 0 unspecified atom stereocenters. The fourth-order valence-corrected chi connectivity index (χ4v) is 4.15. The zero-order valence-corrected chi connectivity index (χ0v) is 20.1. The van der Waals surface area contributed by atoms with Crippen molar-refractivity contribution < 1.29 is 22.0 Å². The first-order chi connectivity index (χ1) is 17.3. The summed E-state index contributed by atoms with van der Waals surface area (Å²) in [4.78, 5) is 8.12. The molecule has 0 aliphatic heterocycles. The molecule has 4 rings (SSSR count). The molecule has 4 aromatic rings. The summed E-state index contributed by atoms with van der Waals surface area (Å²) in [7, 11) is 0. The first kappa shape index (κ1) is 25.8. The molecular formula is C28H22ClF5N2. The van der Waals surface area contributed by atoms with Crippen molar-refractivity contribution in [2.24, 2.45) is 0 Å². The smallest absolute Gasteiger partial charge is 0.159 e. The van der Waals surface area contributed by atoms with Crippen LogP contribution in [0.15, 0.2) is 54.9 Å². The summed E-state index contributed by atoms with van der Waals surface area (Å²) >= 11 is 5.68. The molecule has 0 spiro atoms. The Morgan fingerprint density at radius 1 is 0.639 bits per heavy atom. The van der Waals surface area contributed by atoms with Gasteiger partial charge in [-0.25, -0.2) is 31.9 Å². The van der Waals surface area contributed by atoms with Crippen LogP contribution in [0, 0.1) is 29.1 Å². The van der Waals surface area contributed by atoms with E-state index in [1.54, 1.807) is 0 Å². The molecule has 186 valence electrons. The maximum absolute atomic E-state index is 15.0. The topological polar surface area (TPSA) is 25.8 Å². The Balaban J connectivity index is 1.62. The first-order valence-corrected chi connectivity index (χ1v) is 11.9. The third-order valence-electron chi connectivity index (χ3n) is 5.87. The number of rotatable bonds is 8. The number of hydrogen-bond donors (Lipinski definition) is 0. The summed E-state index contributed by atoms with van der Waals surface area (Å²) < 4.78 is 73.2. The van der Waals surface area contributed by atoms with E-state index in [9.17, 15) is 22.0 Å². The zero-order chi connectivity index (χ0) is 25.8. The van der Waals surface area contributed by atoms with Gasteiger partial charge >= 0.3 is 0 Å². The van der Waals surface area contributed by atoms with Crippen LogP contribution in [0.25, 0.3) is 33.6 Å². The normalized spacial score (nSPS) is 11.2. The lowest BCUT2D eigenvalue weighted by atomic mass is 9.97. The second-order valence-electron chi connectivity index (χ2n) is 8.48. The highest BCUT2D eigenvalue weighted by Gasteiger charge is 2.20. The van der Waals surface area contributed by atoms with E-state index in [0.717, 1.165) is 43.9 Å². The van der Waals surface area contributed by atoms with Crippen LogP contribution in [0.4, 0.5) is 22.0 Å². The van der Waals surface area contributed by atoms with E-state index in [1.807, 2.05) is 0 Å². The average Bonchev–Trinajstić information content (AvgIpc) is 2.83. The Morgan fingerprint density at radius 3 is 1.78 bits per heavy atom. The highest BCUT2D eigenvalue weighted by molar-refractivity contribution is 6.30. The predicted molar refractivity (Wildman–Crippen MR) is 131 cm³/mol. The minimum Gasteiger partial charge on any atom is -0.236 e. The number of benzene rings is 3. The third kappa shape index (κ3) is 5.57. The third-order valence-corrected chi connectivity index (χ3v) is 6.18. The molecule has 36 heavy (non-hydrogen) atoms. The minimum absolute atomic E-state index is 0.0121. The first-order valence-electron chi connectivity index (χ1n) is 11.5. The lowest BCUT2D eigenvalue weighted by molar-refractivity contribution is 0.577. The molecule has 1 aromatic heterocycles. The molecule has 0 aliphatic carbocycles. The van der Waals surface area contributed by atoms with Gasteiger partial charge in [0.2, 0.25) is 0 Å². The van der Waals surface area contributed by atoms with Gasteiger partial charge in [0.1, 0.15) is 29.1 Å². The molecule has 0 radical (unpaired) electrons. The van der Waals surface area contributed by atoms with Crippen molar-refractivity contribution in [3.8, 4) is 33.6 Å². The van der Waals surface area contributed by atoms with E-state index >= 15 is 0 Å². The summed E-state index contributed by atoms with van der Waals surface area (Å²) in [5.41, 5.74) is -0.345. The molecule has 0 N–H and O–H groups in total. The Morgan fingerprint density at radius 2 is 1.19 bits per heavy atom. The number of hydrogen-bond acceptors (Lipinski definition) is 2. The maximum atomic E-state index is 15.0. The van der Waals surface area contributed by atoms with E-state index in [1.165, 1.54) is 36.7 Å². The molecule has 0 fully saturated rings. The van der Waals surface area contributed by atoms with Crippen molar-refractivity contribution in [3.05, 3.63) is 94.5 Å². The Labute approximate surface area is 210 Å². The fraction of sp³-hybridized carbons (Fsp3) is 0.214. The van der Waals surface area contributed by atoms with Gasteiger partial charge in [0.25, 0.3) is 0 Å². The van der Waals surface area contributed by atoms with Crippen molar-refractivity contribution in [2.45, 2.75) is 39.0 Å². The summed E-state index contributed by atoms with van der Waals surface area (Å²) in [6, 6.07) is 8.18. The summed E-state index contributed by atoms with van der Waals surface area (Å²) in [6.07, 6.45) is 6.75. The van der Waals surface area contributed by atoms with Crippen LogP contribution in [-0.2, 0) is 6.42 Å². The average molecular weight is 517 g/mol. The van der Waals surface area contributed by atoms with Crippen molar-refractivity contribution >= 4 is 11.6 Å². The molecule has 2 nitrogen and oxygen atoms in total. The van der Waals surface area contributed by atoms with Gasteiger partial charge in [0, 0.05) is 23.5 Å². The van der Waals surface area contributed by atoms with Crippen molar-refractivity contribution in [2.75, 3.05) is 0 Å². The van der Waals surface area contributed by atoms with Crippen LogP contribution in [0.3, 0.4) is 0 Å². The van der Waals surface area contributed by atoms with Gasteiger partial charge in [-0.15, -0.1) is 0 Å². The molecule has 0 amide bonds. The summed E-state index contributed by atoms with van der Waals surface area (Å²) in [6.45, 7) is 2.07. The Hall–Kier alpha value is -3.32. The highest BCUT2D eigenvalue weighted by Crippen LogP contribution is 2.34. The van der Waals surface area contributed by atoms with Crippen LogP contribution in [-0.4, -0.2) is 9.97 Å². The molecule has 0 atom stereocenters. The fourth-order valence-electron chi connectivity index (χ4n) is 4.04. The number of nitrogens with zero attached hydrogens (tertiary/aromatic N) is 2. The molecule has 3 aromatic carbocycles. The van der Waals surface area contributed by atoms with Gasteiger partial charge in [-0.1, -0.05) is 37.8 Å². The Kier molecular flexibility index (Phi) is 7.99. The second kappa shape index (κ2) is 11.2. The molecular weight excluding hydrogens is 495 g/mol. The second-order valence-corrected chi connectivity index (χ2v) is 8.89. The van der Waals surface area contributed by atoms with Crippen LogP contribution in [0.5, 0.6) is 0 Å². The largest absolute Gasteiger partial charge is 0.236 e. The molecule has 1 heterocycles. The van der Waals surface area contributed by atoms with E-state index in [0.29, 0.717) is 17.5 Å². The lowest BCUT2D eigenvalue weighted by Gasteiger charge is -2.12. The number of aryl methyl sites for hydroxylation is 1. The van der Waals surface area contributed by atoms with Gasteiger partial charge in [0.15, 0.2) is 5.82 Å². The molecule has 0 aliphatic rings. The number of aromatic nitrogens is 2. The molecule has 0 saturated heterocycles. The van der Waals surface area contributed by atoms with Crippen molar-refractivity contribution in [1.82, 2.24) is 9.97 Å². The monoisotopic (exact) mass is 516 g/mol. The predicted octanol–water partition coefficient (Wildman–Crippen LogP) is 8.95. The summed E-state index contributed by atoms with van der Waals surface area (Å²) in [5.74, 6) is -4.34. The Bertz CT molecular complexity index is 1340. The number of unbranched alkanes of at least 4 members (excludes halogenated alkanes) is 3. The van der Waals surface area contributed by atoms with Gasteiger partial charge < -0.3 is 0 Å². The zero-order valence-electron chi connectivity index (χ0n) is 19.4. The van der Waals surface area contributed by atoms with E-state index in [2.05, 4.69) is 16.9 Å². The maximum Gasteiger partial charge on any atom is 0.159 e. The summed E-state index contributed by atoms with van der Waals surface area (Å²) in [5, 5.41) is -0.0610. The standard InChI is InChI=1S/C28H22ClF5N2/c1-2-3-4-5-6-16-9-22(31)26(23(32)10-16)18-12-24(33)27(25(34)13-18)19-14-35-28(36-15-19)17-7-8-20(29)21(30)11-17/h7-15H,2-6H2,1H3. The van der Waals surface area contributed by atoms with E-state index in [-0.39, 0.29) is 22.0 Å². The van der Waals surface area contributed by atoms with Crippen LogP contribution in [0.2, 0.25) is 5.02 Å². The van der Waals surface area contributed by atoms with Crippen molar-refractivity contribution in [1.29, 1.82) is 0 Å². The van der Waals surface area contributed by atoms with Crippen LogP contribution >= 0.6 is 11.6 Å². The van der Waals surface area contributed by atoms with Gasteiger partial charge in [-0.05, 0) is 66.4 Å². The van der Waals surface area contributed by atoms with Gasteiger partial charge in [-0.3, -0.25) is 0 Å². The van der Waals surface area contributed by atoms with Crippen molar-refractivity contribution in [3.63, 3.8) is 0 Å². The quantitative estimate of drug-likeness (QED) is 0.172. The highest BCUT2D eigenvalue weighted by atomic mass is 35.5. The lowest BCUT2D eigenvalue weighted by Crippen LogP contribution is -1.99. The van der Waals surface area contributed by atoms with Gasteiger partial charge in [-0.2, -0.15) is 0 Å². The number of halogens is 6. The van der Waals surface area contributed by atoms with Gasteiger partial charge in [0.05, 0.1) is 16.1 Å².